The van der Waals surface area contributed by atoms with Crippen LogP contribution in [0.2, 0.25) is 0 Å². The number of likely N-dealkylation sites (tertiary alicyclic amines) is 1. The highest BCUT2D eigenvalue weighted by Crippen LogP contribution is 2.38. The molecule has 0 bridgehead atoms. The lowest BCUT2D eigenvalue weighted by molar-refractivity contribution is -0.136. The maximum absolute atomic E-state index is 12.4. The molecule has 2 aromatic rings. The van der Waals surface area contributed by atoms with E-state index in [-0.39, 0.29) is 36.1 Å². The minimum atomic E-state index is 0.0381. The fourth-order valence-corrected chi connectivity index (χ4v) is 4.77. The Bertz CT molecular complexity index is 1090. The summed E-state index contributed by atoms with van der Waals surface area (Å²) in [6.07, 6.45) is 4.80. The Hall–Kier alpha value is -3.34. The first-order valence-electron chi connectivity index (χ1n) is 11.8. The van der Waals surface area contributed by atoms with Crippen molar-refractivity contribution in [3.05, 3.63) is 18.0 Å². The first-order valence-corrected chi connectivity index (χ1v) is 11.8. The number of fused-ring (bicyclic) bond motifs is 1. The van der Waals surface area contributed by atoms with Crippen molar-refractivity contribution < 1.29 is 14.3 Å². The van der Waals surface area contributed by atoms with Crippen molar-refractivity contribution in [3.8, 4) is 11.3 Å². The molecule has 2 saturated heterocycles. The number of aromatic nitrogens is 4. The molecule has 0 spiro atoms. The Morgan fingerprint density at radius 3 is 2.59 bits per heavy atom. The zero-order valence-electron chi connectivity index (χ0n) is 19.6. The first-order chi connectivity index (χ1) is 16.4. The minimum absolute atomic E-state index is 0.0381. The van der Waals surface area contributed by atoms with E-state index in [4.69, 9.17) is 20.4 Å². The number of amides is 1. The van der Waals surface area contributed by atoms with Gasteiger partial charge in [0, 0.05) is 62.5 Å². The van der Waals surface area contributed by atoms with Gasteiger partial charge in [0.25, 0.3) is 0 Å². The molecule has 0 saturated carbocycles. The van der Waals surface area contributed by atoms with Crippen LogP contribution in [0.3, 0.4) is 0 Å². The molecule has 5 rings (SSSR count). The number of anilines is 3. The van der Waals surface area contributed by atoms with Crippen LogP contribution in [0.25, 0.3) is 11.3 Å². The van der Waals surface area contributed by atoms with E-state index < -0.39 is 0 Å². The lowest BCUT2D eigenvalue weighted by atomic mass is 10.1. The van der Waals surface area contributed by atoms with Crippen LogP contribution in [0.5, 0.6) is 0 Å². The minimum Gasteiger partial charge on any atom is -0.377 e. The third-order valence-corrected chi connectivity index (χ3v) is 6.76. The molecule has 3 aliphatic rings. The molecule has 0 radical (unpaired) electrons. The van der Waals surface area contributed by atoms with Gasteiger partial charge >= 0.3 is 0 Å². The number of ether oxygens (including phenoxy) is 1. The van der Waals surface area contributed by atoms with Crippen molar-refractivity contribution in [1.29, 1.82) is 0 Å². The Morgan fingerprint density at radius 2 is 1.88 bits per heavy atom. The zero-order chi connectivity index (χ0) is 23.8. The molecule has 1 atom stereocenters. The number of nitrogens with zero attached hydrogens (tertiary/aromatic N) is 7. The fourth-order valence-electron chi connectivity index (χ4n) is 4.77. The molecule has 3 aliphatic heterocycles. The summed E-state index contributed by atoms with van der Waals surface area (Å²) in [6, 6.07) is 0.359. The summed E-state index contributed by atoms with van der Waals surface area (Å²) in [5, 5.41) is 0. The van der Waals surface area contributed by atoms with E-state index in [9.17, 15) is 9.59 Å². The number of carbonyl (C=O) groups excluding carboxylic acids is 2. The third kappa shape index (κ3) is 4.27. The lowest BCUT2D eigenvalue weighted by Gasteiger charge is -2.45. The molecule has 2 aromatic heterocycles. The van der Waals surface area contributed by atoms with Gasteiger partial charge in [-0.15, -0.1) is 0 Å². The zero-order valence-corrected chi connectivity index (χ0v) is 19.6. The van der Waals surface area contributed by atoms with Crippen molar-refractivity contribution in [2.24, 2.45) is 0 Å². The second kappa shape index (κ2) is 9.13. The largest absolute Gasteiger partial charge is 0.377 e. The van der Waals surface area contributed by atoms with Crippen molar-refractivity contribution in [2.75, 3.05) is 54.9 Å². The molecule has 11 nitrogen and oxygen atoms in total. The molecule has 0 aromatic carbocycles. The van der Waals surface area contributed by atoms with Gasteiger partial charge in [0.1, 0.15) is 11.6 Å². The van der Waals surface area contributed by atoms with Crippen LogP contribution in [0.15, 0.2) is 12.4 Å². The van der Waals surface area contributed by atoms with Gasteiger partial charge in [-0.1, -0.05) is 0 Å². The van der Waals surface area contributed by atoms with Gasteiger partial charge in [0.15, 0.2) is 0 Å². The van der Waals surface area contributed by atoms with Crippen molar-refractivity contribution in [3.63, 3.8) is 0 Å². The van der Waals surface area contributed by atoms with E-state index in [1.54, 1.807) is 12.4 Å². The molecule has 34 heavy (non-hydrogen) atoms. The van der Waals surface area contributed by atoms with Crippen LogP contribution in [0.4, 0.5) is 17.7 Å². The van der Waals surface area contributed by atoms with Crippen LogP contribution in [-0.4, -0.2) is 88.0 Å². The molecule has 180 valence electrons. The maximum atomic E-state index is 12.4. The molecule has 0 unspecified atom stereocenters. The van der Waals surface area contributed by atoms with E-state index in [1.807, 2.05) is 4.90 Å². The average molecular weight is 467 g/mol. The van der Waals surface area contributed by atoms with E-state index in [0.29, 0.717) is 38.7 Å². The topological polar surface area (TPSA) is 131 Å². The van der Waals surface area contributed by atoms with Crippen LogP contribution in [0, 0.1) is 0 Å². The highest BCUT2D eigenvalue weighted by atomic mass is 16.5. The number of morpholine rings is 1. The van der Waals surface area contributed by atoms with Gasteiger partial charge in [-0.25, -0.2) is 15.0 Å². The van der Waals surface area contributed by atoms with E-state index in [2.05, 4.69) is 26.7 Å². The van der Waals surface area contributed by atoms with E-state index >= 15 is 0 Å². The molecule has 1 amide bonds. The third-order valence-electron chi connectivity index (χ3n) is 6.76. The maximum Gasteiger partial charge on any atom is 0.228 e. The number of rotatable bonds is 6. The Kier molecular flexibility index (Phi) is 6.03. The standard InChI is InChI=1S/C23H30N8O3/c1-14-13-34-8-7-30(14)23-27-20(16-9-25-22(24)26-10-16)18-5-6-31(21(18)28-23)17-11-29(12-17)19(33)4-3-15(2)32/h9-10,14,17H,3-8,11-13H2,1-2H3,(H2,24,25,26)/t14-/m0/s1. The van der Waals surface area contributed by atoms with Crippen molar-refractivity contribution in [1.82, 2.24) is 24.8 Å². The SMILES string of the molecule is CC(=O)CCC(=O)N1CC(N2CCc3c(-c4cnc(N)nc4)nc(N4CCOC[C@@H]4C)nc32)C1. The molecular weight excluding hydrogens is 436 g/mol. The summed E-state index contributed by atoms with van der Waals surface area (Å²) in [4.78, 5) is 48.2. The lowest BCUT2D eigenvalue weighted by Crippen LogP contribution is -2.61. The molecule has 5 heterocycles. The Balaban J connectivity index is 1.43. The molecule has 2 fully saturated rings. The Morgan fingerprint density at radius 1 is 1.12 bits per heavy atom. The average Bonchev–Trinajstić information content (AvgIpc) is 3.20. The summed E-state index contributed by atoms with van der Waals surface area (Å²) in [5.74, 6) is 1.89. The summed E-state index contributed by atoms with van der Waals surface area (Å²) >= 11 is 0. The van der Waals surface area contributed by atoms with Crippen LogP contribution < -0.4 is 15.5 Å². The van der Waals surface area contributed by atoms with Gasteiger partial charge in [-0.3, -0.25) is 4.79 Å². The monoisotopic (exact) mass is 466 g/mol. The summed E-state index contributed by atoms with van der Waals surface area (Å²) < 4.78 is 5.61. The van der Waals surface area contributed by atoms with Gasteiger partial charge in [0.2, 0.25) is 17.8 Å². The number of ketones is 1. The van der Waals surface area contributed by atoms with E-state index in [1.165, 1.54) is 6.92 Å². The molecule has 2 N–H and O–H groups in total. The predicted molar refractivity (Wildman–Crippen MR) is 126 cm³/mol. The van der Waals surface area contributed by atoms with E-state index in [0.717, 1.165) is 42.1 Å². The van der Waals surface area contributed by atoms with Crippen LogP contribution in [-0.2, 0) is 20.7 Å². The highest BCUT2D eigenvalue weighted by molar-refractivity contribution is 5.84. The second-order valence-electron chi connectivity index (χ2n) is 9.22. The second-order valence-corrected chi connectivity index (χ2v) is 9.22. The molecular formula is C23H30N8O3. The van der Waals surface area contributed by atoms with Crippen molar-refractivity contribution in [2.45, 2.75) is 45.2 Å². The number of carbonyl (C=O) groups is 2. The summed E-state index contributed by atoms with van der Waals surface area (Å²) in [6.45, 7) is 7.71. The van der Waals surface area contributed by atoms with Crippen molar-refractivity contribution >= 4 is 29.4 Å². The smallest absolute Gasteiger partial charge is 0.228 e. The number of nitrogen functional groups attached to an aromatic ring is 1. The van der Waals surface area contributed by atoms with Gasteiger partial charge in [-0.05, 0) is 20.3 Å². The summed E-state index contributed by atoms with van der Waals surface area (Å²) in [7, 11) is 0. The summed E-state index contributed by atoms with van der Waals surface area (Å²) in [5.41, 5.74) is 8.42. The quantitative estimate of drug-likeness (QED) is 0.648. The number of Topliss-reactive ketones (excluding diaryl/α,β-unsaturated/α-hetero) is 1. The Labute approximate surface area is 198 Å². The van der Waals surface area contributed by atoms with Crippen LogP contribution in [0.1, 0.15) is 32.3 Å². The molecule has 11 heteroatoms. The van der Waals surface area contributed by atoms with Gasteiger partial charge < -0.3 is 30.0 Å². The fraction of sp³-hybridized carbons (Fsp3) is 0.565. The number of hydrogen-bond acceptors (Lipinski definition) is 10. The van der Waals surface area contributed by atoms with Gasteiger partial charge in [-0.2, -0.15) is 4.98 Å². The highest BCUT2D eigenvalue weighted by Gasteiger charge is 2.39. The first kappa shape index (κ1) is 22.5. The normalized spacial score (nSPS) is 20.3. The van der Waals surface area contributed by atoms with Gasteiger partial charge in [0.05, 0.1) is 31.0 Å². The van der Waals surface area contributed by atoms with Crippen LogP contribution >= 0.6 is 0 Å². The number of nitrogens with two attached hydrogens (primary N) is 1. The number of hydrogen-bond donors (Lipinski definition) is 1. The molecule has 0 aliphatic carbocycles. The predicted octanol–water partition coefficient (Wildman–Crippen LogP) is 0.683.